The number of aryl methyl sites for hydroxylation is 1. The van der Waals surface area contributed by atoms with Crippen LogP contribution in [-0.4, -0.2) is 30.4 Å². The first-order valence-corrected chi connectivity index (χ1v) is 8.12. The number of benzene rings is 1. The monoisotopic (exact) mass is 373 g/mol. The van der Waals surface area contributed by atoms with Gasteiger partial charge in [-0.05, 0) is 62.5 Å². The first-order chi connectivity index (χ1) is 9.54. The van der Waals surface area contributed by atoms with E-state index >= 15 is 0 Å². The zero-order chi connectivity index (χ0) is 14.5. The number of hydrogen-bond acceptors (Lipinski definition) is 2. The van der Waals surface area contributed by atoms with Crippen molar-refractivity contribution in [3.63, 3.8) is 0 Å². The van der Waals surface area contributed by atoms with E-state index < -0.39 is 0 Å². The lowest BCUT2D eigenvalue weighted by Gasteiger charge is -2.29. The van der Waals surface area contributed by atoms with Crippen molar-refractivity contribution in [1.29, 1.82) is 0 Å². The second kappa shape index (κ2) is 8.76. The Balaban J connectivity index is 0.00000220. The van der Waals surface area contributed by atoms with Gasteiger partial charge in [0.25, 0.3) is 0 Å². The molecule has 1 aromatic rings. The van der Waals surface area contributed by atoms with E-state index in [9.17, 15) is 4.79 Å². The van der Waals surface area contributed by atoms with E-state index in [0.717, 1.165) is 41.3 Å². The molecule has 1 N–H and O–H groups in total. The van der Waals surface area contributed by atoms with Crippen molar-refractivity contribution >= 4 is 27.5 Å². The summed E-state index contributed by atoms with van der Waals surface area (Å²) >= 11 is 3.46. The highest BCUT2D eigenvalue weighted by atomic mass is 79.9. The molecule has 0 radical (unpaired) electrons. The summed E-state index contributed by atoms with van der Waals surface area (Å²) in [7, 11) is 0. The summed E-state index contributed by atoms with van der Waals surface area (Å²) in [6, 6.07) is 5.89. The number of halogens is 2. The van der Waals surface area contributed by atoms with E-state index in [2.05, 4.69) is 33.1 Å². The maximum absolute atomic E-state index is 12.0. The largest absolute Gasteiger partial charge is 1.00 e. The van der Waals surface area contributed by atoms with Crippen molar-refractivity contribution in [3.05, 3.63) is 28.2 Å². The van der Waals surface area contributed by atoms with Gasteiger partial charge in [-0.3, -0.25) is 4.79 Å². The summed E-state index contributed by atoms with van der Waals surface area (Å²) in [5.41, 5.74) is 2.01. The fourth-order valence-corrected chi connectivity index (χ4v) is 2.74. The minimum Gasteiger partial charge on any atom is -1.00 e. The zero-order valence-corrected chi connectivity index (χ0v) is 15.0. The van der Waals surface area contributed by atoms with E-state index in [4.69, 9.17) is 0 Å². The predicted molar refractivity (Wildman–Crippen MR) is 87.0 cm³/mol. The lowest BCUT2D eigenvalue weighted by molar-refractivity contribution is -0.116. The number of carbonyl (C=O) groups is 1. The van der Waals surface area contributed by atoms with Gasteiger partial charge in [-0.1, -0.05) is 22.9 Å². The third kappa shape index (κ3) is 5.97. The number of amides is 1. The highest BCUT2D eigenvalue weighted by molar-refractivity contribution is 9.10. The van der Waals surface area contributed by atoms with Crippen LogP contribution < -0.4 is 17.7 Å². The van der Waals surface area contributed by atoms with Gasteiger partial charge in [0.15, 0.2) is 0 Å². The number of piperidine rings is 1. The van der Waals surface area contributed by atoms with Gasteiger partial charge in [-0.2, -0.15) is 0 Å². The zero-order valence-electron chi connectivity index (χ0n) is 12.7. The average molecular weight is 375 g/mol. The van der Waals surface area contributed by atoms with Crippen LogP contribution in [0.25, 0.3) is 0 Å². The summed E-state index contributed by atoms with van der Waals surface area (Å²) < 4.78 is 1.07. The van der Waals surface area contributed by atoms with Crippen LogP contribution in [0.1, 0.15) is 31.7 Å². The Bertz CT molecular complexity index is 473. The van der Waals surface area contributed by atoms with Gasteiger partial charge in [0, 0.05) is 23.1 Å². The van der Waals surface area contributed by atoms with Gasteiger partial charge >= 0.3 is 0 Å². The SMILES string of the molecule is Cc1cc(NC(=O)CCN2CCC(C)CC2)ccc1Br.[Cl-]. The topological polar surface area (TPSA) is 32.3 Å². The maximum Gasteiger partial charge on any atom is 0.225 e. The third-order valence-electron chi connectivity index (χ3n) is 3.97. The Labute approximate surface area is 142 Å². The molecule has 1 aliphatic rings. The molecular weight excluding hydrogens is 352 g/mol. The van der Waals surface area contributed by atoms with Crippen LogP contribution in [0.2, 0.25) is 0 Å². The van der Waals surface area contributed by atoms with Crippen LogP contribution in [0.15, 0.2) is 22.7 Å². The van der Waals surface area contributed by atoms with Gasteiger partial charge < -0.3 is 22.6 Å². The molecule has 118 valence electrons. The number of hydrogen-bond donors (Lipinski definition) is 1. The van der Waals surface area contributed by atoms with Crippen LogP contribution in [0, 0.1) is 12.8 Å². The lowest BCUT2D eigenvalue weighted by atomic mass is 9.99. The molecule has 0 aromatic heterocycles. The van der Waals surface area contributed by atoms with Crippen molar-refractivity contribution in [3.8, 4) is 0 Å². The molecule has 3 nitrogen and oxygen atoms in total. The maximum atomic E-state index is 12.0. The summed E-state index contributed by atoms with van der Waals surface area (Å²) in [4.78, 5) is 14.4. The van der Waals surface area contributed by atoms with Crippen LogP contribution in [0.3, 0.4) is 0 Å². The van der Waals surface area contributed by atoms with E-state index in [-0.39, 0.29) is 18.3 Å². The third-order valence-corrected chi connectivity index (χ3v) is 4.86. The van der Waals surface area contributed by atoms with Crippen molar-refractivity contribution < 1.29 is 17.2 Å². The van der Waals surface area contributed by atoms with Crippen LogP contribution in [0.5, 0.6) is 0 Å². The van der Waals surface area contributed by atoms with Crippen LogP contribution in [0.4, 0.5) is 5.69 Å². The smallest absolute Gasteiger partial charge is 0.225 e. The molecule has 0 spiro atoms. The van der Waals surface area contributed by atoms with E-state index in [0.29, 0.717) is 6.42 Å². The highest BCUT2D eigenvalue weighted by Crippen LogP contribution is 2.20. The van der Waals surface area contributed by atoms with E-state index in [1.165, 1.54) is 12.8 Å². The molecule has 1 aliphatic heterocycles. The molecular formula is C16H23BrClN2O-. The van der Waals surface area contributed by atoms with Gasteiger partial charge in [-0.25, -0.2) is 0 Å². The summed E-state index contributed by atoms with van der Waals surface area (Å²) in [6.07, 6.45) is 3.09. The molecule has 1 amide bonds. The molecule has 0 aliphatic carbocycles. The minimum atomic E-state index is 0. The number of carbonyl (C=O) groups excluding carboxylic acids is 1. The summed E-state index contributed by atoms with van der Waals surface area (Å²) in [5, 5.41) is 2.97. The molecule has 2 rings (SSSR count). The van der Waals surface area contributed by atoms with Crippen molar-refractivity contribution in [2.24, 2.45) is 5.92 Å². The Morgan fingerprint density at radius 2 is 2.05 bits per heavy atom. The molecule has 0 atom stereocenters. The molecule has 1 fully saturated rings. The second-order valence-corrected chi connectivity index (χ2v) is 6.64. The van der Waals surface area contributed by atoms with E-state index in [1.54, 1.807) is 0 Å². The number of nitrogens with zero attached hydrogens (tertiary/aromatic N) is 1. The first kappa shape index (κ1) is 18.5. The number of rotatable bonds is 4. The summed E-state index contributed by atoms with van der Waals surface area (Å²) in [5.74, 6) is 0.941. The van der Waals surface area contributed by atoms with Crippen LogP contribution in [-0.2, 0) is 4.79 Å². The molecule has 0 bridgehead atoms. The van der Waals surface area contributed by atoms with Gasteiger partial charge in [0.2, 0.25) is 5.91 Å². The summed E-state index contributed by atoms with van der Waals surface area (Å²) in [6.45, 7) is 7.46. The Kier molecular flexibility index (Phi) is 7.71. The lowest BCUT2D eigenvalue weighted by Crippen LogP contribution is -3.00. The first-order valence-electron chi connectivity index (χ1n) is 7.33. The molecule has 5 heteroatoms. The molecule has 0 saturated carbocycles. The Hall–Kier alpha value is -0.580. The molecule has 1 aromatic carbocycles. The van der Waals surface area contributed by atoms with Crippen molar-refractivity contribution in [2.75, 3.05) is 25.0 Å². The molecule has 1 heterocycles. The fraction of sp³-hybridized carbons (Fsp3) is 0.562. The van der Waals surface area contributed by atoms with Crippen molar-refractivity contribution in [2.45, 2.75) is 33.1 Å². The quantitative estimate of drug-likeness (QED) is 0.846. The predicted octanol–water partition coefficient (Wildman–Crippen LogP) is 0.822. The Morgan fingerprint density at radius 3 is 2.67 bits per heavy atom. The number of anilines is 1. The standard InChI is InChI=1S/C16H23BrN2O.ClH/c1-12-5-8-19(9-6-12)10-7-16(20)18-14-3-4-15(17)13(2)11-14;/h3-4,11-12H,5-10H2,1-2H3,(H,18,20);1H/p-1. The van der Waals surface area contributed by atoms with Crippen LogP contribution >= 0.6 is 15.9 Å². The fourth-order valence-electron chi connectivity index (χ4n) is 2.49. The minimum absolute atomic E-state index is 0. The van der Waals surface area contributed by atoms with Crippen molar-refractivity contribution in [1.82, 2.24) is 4.90 Å². The molecule has 1 saturated heterocycles. The number of nitrogens with one attached hydrogen (secondary N) is 1. The second-order valence-electron chi connectivity index (χ2n) is 5.79. The highest BCUT2D eigenvalue weighted by Gasteiger charge is 2.16. The Morgan fingerprint density at radius 1 is 1.38 bits per heavy atom. The average Bonchev–Trinajstić information content (AvgIpc) is 2.42. The normalized spacial score (nSPS) is 16.3. The van der Waals surface area contributed by atoms with Gasteiger partial charge in [0.05, 0.1) is 0 Å². The number of likely N-dealkylation sites (tertiary alicyclic amines) is 1. The van der Waals surface area contributed by atoms with E-state index in [1.807, 2.05) is 25.1 Å². The van der Waals surface area contributed by atoms with Gasteiger partial charge in [-0.15, -0.1) is 0 Å². The molecule has 21 heavy (non-hydrogen) atoms. The van der Waals surface area contributed by atoms with Gasteiger partial charge in [0.1, 0.15) is 0 Å². The molecule has 0 unspecified atom stereocenters.